The van der Waals surface area contributed by atoms with Crippen LogP contribution in [-0.2, 0) is 14.3 Å². The van der Waals surface area contributed by atoms with Gasteiger partial charge in [-0.3, -0.25) is 9.59 Å². The second-order valence-electron chi connectivity index (χ2n) is 8.52. The van der Waals surface area contributed by atoms with Crippen LogP contribution >= 0.6 is 22.9 Å². The van der Waals surface area contributed by atoms with Crippen LogP contribution < -0.4 is 15.0 Å². The standard InChI is InChI=1S/C26H24ClFN4O4S/c1-2-3-21(26(34)29-15-4-7-20(17(28)12-15)32-10-11-35-14-24(32)33)36-16-5-6-18-19(13-16)31-25(30-18)22-8-9-23(27)37-22/h4-9,12-13,21H,2-3,10-11,14H2,1H3,(H,29,34)(H,30,31). The third-order valence-corrected chi connectivity index (χ3v) is 7.11. The van der Waals surface area contributed by atoms with Gasteiger partial charge in [0, 0.05) is 18.3 Å². The zero-order chi connectivity index (χ0) is 25.9. The Hall–Kier alpha value is -3.47. The van der Waals surface area contributed by atoms with E-state index in [1.165, 1.54) is 28.4 Å². The Bertz CT molecular complexity index is 1460. The third kappa shape index (κ3) is 5.61. The molecule has 2 aromatic carbocycles. The maximum Gasteiger partial charge on any atom is 0.265 e. The minimum atomic E-state index is -0.791. The van der Waals surface area contributed by atoms with Crippen LogP contribution in [0.25, 0.3) is 21.7 Å². The number of amides is 2. The summed E-state index contributed by atoms with van der Waals surface area (Å²) in [6.45, 7) is 2.48. The Morgan fingerprint density at radius 1 is 1.30 bits per heavy atom. The molecule has 0 radical (unpaired) electrons. The number of hydrogen-bond donors (Lipinski definition) is 2. The van der Waals surface area contributed by atoms with Gasteiger partial charge in [0.15, 0.2) is 6.10 Å². The lowest BCUT2D eigenvalue weighted by atomic mass is 10.1. The van der Waals surface area contributed by atoms with E-state index in [9.17, 15) is 14.0 Å². The van der Waals surface area contributed by atoms with Crippen molar-refractivity contribution in [2.75, 3.05) is 30.0 Å². The molecule has 5 rings (SSSR count). The van der Waals surface area contributed by atoms with Gasteiger partial charge in [-0.25, -0.2) is 9.37 Å². The quantitative estimate of drug-likeness (QED) is 0.301. The topological polar surface area (TPSA) is 96.5 Å². The summed E-state index contributed by atoms with van der Waals surface area (Å²) >= 11 is 7.47. The lowest BCUT2D eigenvalue weighted by Gasteiger charge is -2.27. The van der Waals surface area contributed by atoms with Crippen LogP contribution in [0.2, 0.25) is 4.34 Å². The van der Waals surface area contributed by atoms with Crippen molar-refractivity contribution >= 4 is 57.2 Å². The van der Waals surface area contributed by atoms with E-state index in [0.29, 0.717) is 40.9 Å². The number of thiophene rings is 1. The van der Waals surface area contributed by atoms with Gasteiger partial charge in [-0.15, -0.1) is 11.3 Å². The van der Waals surface area contributed by atoms with Crippen LogP contribution in [0.4, 0.5) is 15.8 Å². The highest BCUT2D eigenvalue weighted by molar-refractivity contribution is 7.19. The number of rotatable bonds is 8. The molecule has 0 saturated carbocycles. The fourth-order valence-electron chi connectivity index (χ4n) is 4.09. The van der Waals surface area contributed by atoms with Crippen molar-refractivity contribution in [3.63, 3.8) is 0 Å². The summed E-state index contributed by atoms with van der Waals surface area (Å²) < 4.78 is 26.6. The number of H-pyrrole nitrogens is 1. The van der Waals surface area contributed by atoms with E-state index in [4.69, 9.17) is 21.1 Å². The molecular weight excluding hydrogens is 519 g/mol. The van der Waals surface area contributed by atoms with Crippen molar-refractivity contribution in [2.45, 2.75) is 25.9 Å². The summed E-state index contributed by atoms with van der Waals surface area (Å²) in [4.78, 5) is 35.2. The summed E-state index contributed by atoms with van der Waals surface area (Å²) in [6.07, 6.45) is 0.380. The molecule has 192 valence electrons. The number of ether oxygens (including phenoxy) is 2. The summed E-state index contributed by atoms with van der Waals surface area (Å²) in [5, 5.41) is 2.73. The molecule has 1 unspecified atom stereocenters. The van der Waals surface area contributed by atoms with Crippen LogP contribution in [0, 0.1) is 5.82 Å². The minimum absolute atomic E-state index is 0.0816. The van der Waals surface area contributed by atoms with E-state index < -0.39 is 17.8 Å². The Morgan fingerprint density at radius 3 is 2.89 bits per heavy atom. The van der Waals surface area contributed by atoms with Crippen LogP contribution in [0.3, 0.4) is 0 Å². The van der Waals surface area contributed by atoms with Crippen LogP contribution in [0.5, 0.6) is 5.75 Å². The van der Waals surface area contributed by atoms with Gasteiger partial charge in [0.25, 0.3) is 11.8 Å². The van der Waals surface area contributed by atoms with Gasteiger partial charge in [-0.05, 0) is 48.9 Å². The highest BCUT2D eigenvalue weighted by Gasteiger charge is 2.24. The van der Waals surface area contributed by atoms with Crippen molar-refractivity contribution in [1.29, 1.82) is 0 Å². The molecule has 0 bridgehead atoms. The zero-order valence-electron chi connectivity index (χ0n) is 19.9. The SMILES string of the molecule is CCCC(Oc1ccc2[nH]c(-c3ccc(Cl)s3)nc2c1)C(=O)Nc1ccc(N2CCOCC2=O)c(F)c1. The number of nitrogens with one attached hydrogen (secondary N) is 2. The Morgan fingerprint density at radius 2 is 2.16 bits per heavy atom. The average molecular weight is 543 g/mol. The molecule has 2 N–H and O–H groups in total. The lowest BCUT2D eigenvalue weighted by molar-refractivity contribution is -0.125. The first kappa shape index (κ1) is 25.2. The van der Waals surface area contributed by atoms with E-state index in [1.54, 1.807) is 18.2 Å². The van der Waals surface area contributed by atoms with Crippen molar-refractivity contribution in [3.8, 4) is 16.5 Å². The normalized spacial score (nSPS) is 14.7. The number of aromatic amines is 1. The van der Waals surface area contributed by atoms with Crippen molar-refractivity contribution in [1.82, 2.24) is 9.97 Å². The molecule has 8 nitrogen and oxygen atoms in total. The minimum Gasteiger partial charge on any atom is -0.481 e. The molecule has 1 fully saturated rings. The Labute approximate surface area is 221 Å². The highest BCUT2D eigenvalue weighted by Crippen LogP contribution is 2.31. The fraction of sp³-hybridized carbons (Fsp3) is 0.269. The molecule has 37 heavy (non-hydrogen) atoms. The zero-order valence-corrected chi connectivity index (χ0v) is 21.5. The van der Waals surface area contributed by atoms with Gasteiger partial charge >= 0.3 is 0 Å². The van der Waals surface area contributed by atoms with E-state index in [-0.39, 0.29) is 30.4 Å². The lowest BCUT2D eigenvalue weighted by Crippen LogP contribution is -2.42. The van der Waals surface area contributed by atoms with E-state index >= 15 is 0 Å². The van der Waals surface area contributed by atoms with Gasteiger partial charge in [-0.2, -0.15) is 0 Å². The predicted octanol–water partition coefficient (Wildman–Crippen LogP) is 5.63. The van der Waals surface area contributed by atoms with Crippen LogP contribution in [0.15, 0.2) is 48.5 Å². The predicted molar refractivity (Wildman–Crippen MR) is 142 cm³/mol. The van der Waals surface area contributed by atoms with Gasteiger partial charge in [-0.1, -0.05) is 24.9 Å². The summed E-state index contributed by atoms with van der Waals surface area (Å²) in [5.74, 6) is -0.106. The van der Waals surface area contributed by atoms with E-state index in [2.05, 4.69) is 15.3 Å². The highest BCUT2D eigenvalue weighted by atomic mass is 35.5. The average Bonchev–Trinajstić information content (AvgIpc) is 3.50. The van der Waals surface area contributed by atoms with E-state index in [1.807, 2.05) is 25.1 Å². The molecule has 2 aromatic heterocycles. The number of morpholine rings is 1. The second-order valence-corrected chi connectivity index (χ2v) is 10.2. The first-order chi connectivity index (χ1) is 17.9. The maximum absolute atomic E-state index is 14.8. The smallest absolute Gasteiger partial charge is 0.265 e. The molecule has 1 aliphatic heterocycles. The first-order valence-corrected chi connectivity index (χ1v) is 13.0. The monoisotopic (exact) mass is 542 g/mol. The van der Waals surface area contributed by atoms with Gasteiger partial charge in [0.1, 0.15) is 24.0 Å². The van der Waals surface area contributed by atoms with Crippen LogP contribution in [-0.4, -0.2) is 47.6 Å². The van der Waals surface area contributed by atoms with Crippen molar-refractivity contribution < 1.29 is 23.5 Å². The molecule has 0 aliphatic carbocycles. The van der Waals surface area contributed by atoms with E-state index in [0.717, 1.165) is 10.4 Å². The molecule has 1 atom stereocenters. The fourth-order valence-corrected chi connectivity index (χ4v) is 5.07. The number of benzene rings is 2. The number of anilines is 2. The molecule has 4 aromatic rings. The number of carbonyl (C=O) groups excluding carboxylic acids is 2. The molecule has 11 heteroatoms. The van der Waals surface area contributed by atoms with Gasteiger partial charge in [0.05, 0.1) is 32.5 Å². The summed E-state index contributed by atoms with van der Waals surface area (Å²) in [6, 6.07) is 13.4. The number of halogens is 2. The number of imidazole rings is 1. The molecule has 3 heterocycles. The first-order valence-electron chi connectivity index (χ1n) is 11.8. The number of nitrogens with zero attached hydrogens (tertiary/aromatic N) is 2. The number of fused-ring (bicyclic) bond motifs is 1. The molecule has 2 amide bonds. The molecule has 0 spiro atoms. The van der Waals surface area contributed by atoms with Crippen LogP contribution in [0.1, 0.15) is 19.8 Å². The summed E-state index contributed by atoms with van der Waals surface area (Å²) in [7, 11) is 0. The van der Waals surface area contributed by atoms with Crippen molar-refractivity contribution in [3.05, 3.63) is 58.7 Å². The second kappa shape index (κ2) is 10.9. The van der Waals surface area contributed by atoms with Crippen molar-refractivity contribution in [2.24, 2.45) is 0 Å². The maximum atomic E-state index is 14.8. The Balaban J connectivity index is 1.29. The number of carbonyl (C=O) groups is 2. The van der Waals surface area contributed by atoms with Gasteiger partial charge in [0.2, 0.25) is 0 Å². The molecule has 1 aliphatic rings. The Kier molecular flexibility index (Phi) is 7.40. The van der Waals surface area contributed by atoms with Gasteiger partial charge < -0.3 is 24.7 Å². The third-order valence-electron chi connectivity index (χ3n) is 5.87. The largest absolute Gasteiger partial charge is 0.481 e. The number of aromatic nitrogens is 2. The number of hydrogen-bond acceptors (Lipinski definition) is 6. The molecular formula is C26H24ClFN4O4S. The summed E-state index contributed by atoms with van der Waals surface area (Å²) in [5.41, 5.74) is 1.96. The molecule has 1 saturated heterocycles.